The number of fused-ring (bicyclic) bond motifs is 1. The zero-order valence-electron chi connectivity index (χ0n) is 19.6. The molecule has 3 aromatic rings. The maximum atomic E-state index is 13.2. The van der Waals surface area contributed by atoms with Crippen molar-refractivity contribution >= 4 is 33.2 Å². The van der Waals surface area contributed by atoms with Gasteiger partial charge in [0, 0.05) is 18.2 Å². The number of sulfonamides is 1. The van der Waals surface area contributed by atoms with E-state index in [1.54, 1.807) is 13.1 Å². The lowest BCUT2D eigenvalue weighted by Gasteiger charge is -2.22. The predicted molar refractivity (Wildman–Crippen MR) is 130 cm³/mol. The molecule has 2 unspecified atom stereocenters. The molecule has 1 aliphatic heterocycles. The van der Waals surface area contributed by atoms with Crippen molar-refractivity contribution in [1.29, 1.82) is 0 Å². The Morgan fingerprint density at radius 1 is 1.09 bits per heavy atom. The van der Waals surface area contributed by atoms with Crippen molar-refractivity contribution in [2.24, 2.45) is 4.99 Å². The lowest BCUT2D eigenvalue weighted by molar-refractivity contribution is -0.128. The second-order valence-electron chi connectivity index (χ2n) is 8.17. The van der Waals surface area contributed by atoms with E-state index in [0.29, 0.717) is 11.4 Å². The van der Waals surface area contributed by atoms with Crippen LogP contribution < -0.4 is 14.9 Å². The van der Waals surface area contributed by atoms with Crippen LogP contribution in [-0.4, -0.2) is 50.4 Å². The zero-order chi connectivity index (χ0) is 25.3. The molecule has 182 valence electrons. The minimum atomic E-state index is -4.09. The number of benzene rings is 2. The molecule has 0 spiro atoms. The molecular weight excluding hydrogens is 470 g/mol. The first-order valence-corrected chi connectivity index (χ1v) is 12.3. The summed E-state index contributed by atoms with van der Waals surface area (Å²) in [5.74, 6) is -1.07. The van der Waals surface area contributed by atoms with E-state index in [1.807, 2.05) is 48.5 Å². The normalized spacial score (nSPS) is 16.8. The van der Waals surface area contributed by atoms with Gasteiger partial charge in [0.1, 0.15) is 10.6 Å². The van der Waals surface area contributed by atoms with E-state index < -0.39 is 34.0 Å². The monoisotopic (exact) mass is 495 g/mol. The van der Waals surface area contributed by atoms with Crippen LogP contribution in [0.15, 0.2) is 69.0 Å². The summed E-state index contributed by atoms with van der Waals surface area (Å²) < 4.78 is 32.9. The van der Waals surface area contributed by atoms with Gasteiger partial charge in [0.15, 0.2) is 5.76 Å². The van der Waals surface area contributed by atoms with Gasteiger partial charge in [0.05, 0.1) is 17.4 Å². The van der Waals surface area contributed by atoms with E-state index in [1.165, 1.54) is 25.7 Å². The van der Waals surface area contributed by atoms with Crippen LogP contribution in [0.3, 0.4) is 0 Å². The van der Waals surface area contributed by atoms with E-state index in [9.17, 15) is 18.0 Å². The number of amides is 2. The standard InChI is InChI=1S/C24H25N5O5S/c1-14-21(16(3)34-27-14)35(32,33)28-15(2)23(30)26-22-24(31)29(4)19-13-9-8-12-18(19)20(25-22)17-10-6-5-7-11-17/h5-13,15,22,28H,1-4H3,(H,26,30). The number of carbonyl (C=O) groups is 2. The molecule has 10 nitrogen and oxygen atoms in total. The fourth-order valence-electron chi connectivity index (χ4n) is 3.91. The molecule has 2 aromatic carbocycles. The van der Waals surface area contributed by atoms with Crippen LogP contribution >= 0.6 is 0 Å². The third kappa shape index (κ3) is 4.73. The molecule has 0 bridgehead atoms. The topological polar surface area (TPSA) is 134 Å². The van der Waals surface area contributed by atoms with Crippen LogP contribution in [0.1, 0.15) is 29.5 Å². The molecule has 0 saturated carbocycles. The maximum absolute atomic E-state index is 13.2. The van der Waals surface area contributed by atoms with Crippen LogP contribution in [0.25, 0.3) is 0 Å². The van der Waals surface area contributed by atoms with Gasteiger partial charge >= 0.3 is 0 Å². The van der Waals surface area contributed by atoms with Crippen molar-refractivity contribution in [1.82, 2.24) is 15.2 Å². The number of carbonyl (C=O) groups excluding carboxylic acids is 2. The highest BCUT2D eigenvalue weighted by Gasteiger charge is 2.33. The van der Waals surface area contributed by atoms with Gasteiger partial charge in [0.25, 0.3) is 5.91 Å². The van der Waals surface area contributed by atoms with E-state index in [4.69, 9.17) is 4.52 Å². The molecule has 11 heteroatoms. The molecule has 35 heavy (non-hydrogen) atoms. The van der Waals surface area contributed by atoms with Crippen LogP contribution in [-0.2, 0) is 19.6 Å². The Morgan fingerprint density at radius 3 is 2.40 bits per heavy atom. The summed E-state index contributed by atoms with van der Waals surface area (Å²) in [5, 5.41) is 6.24. The highest BCUT2D eigenvalue weighted by Crippen LogP contribution is 2.27. The van der Waals surface area contributed by atoms with Gasteiger partial charge in [-0.15, -0.1) is 0 Å². The van der Waals surface area contributed by atoms with E-state index in [-0.39, 0.29) is 16.3 Å². The Bertz CT molecular complexity index is 1400. The van der Waals surface area contributed by atoms with Gasteiger partial charge in [-0.25, -0.2) is 13.4 Å². The number of anilines is 1. The van der Waals surface area contributed by atoms with Crippen molar-refractivity contribution in [3.8, 4) is 0 Å². The minimum absolute atomic E-state index is 0.109. The number of likely N-dealkylation sites (N-methyl/N-ethyl adjacent to an activating group) is 1. The quantitative estimate of drug-likeness (QED) is 0.537. The van der Waals surface area contributed by atoms with Crippen LogP contribution in [0.5, 0.6) is 0 Å². The molecule has 4 rings (SSSR count). The first kappa shape index (κ1) is 24.3. The van der Waals surface area contributed by atoms with Gasteiger partial charge in [-0.2, -0.15) is 4.72 Å². The lowest BCUT2D eigenvalue weighted by atomic mass is 10.0. The number of nitrogens with one attached hydrogen (secondary N) is 2. The molecule has 2 amide bonds. The summed E-state index contributed by atoms with van der Waals surface area (Å²) >= 11 is 0. The molecule has 2 atom stereocenters. The number of nitrogens with zero attached hydrogens (tertiary/aromatic N) is 3. The Kier molecular flexibility index (Phi) is 6.55. The lowest BCUT2D eigenvalue weighted by Crippen LogP contribution is -2.52. The number of aliphatic imine (C=N–C) groups is 1. The molecule has 0 aliphatic carbocycles. The number of aryl methyl sites for hydroxylation is 2. The first-order chi connectivity index (χ1) is 16.6. The number of para-hydroxylation sites is 1. The van der Waals surface area contributed by atoms with Gasteiger partial charge in [0.2, 0.25) is 22.1 Å². The molecular formula is C24H25N5O5S. The number of hydrogen-bond acceptors (Lipinski definition) is 7. The fourth-order valence-corrected chi connectivity index (χ4v) is 5.44. The number of aromatic nitrogens is 1. The smallest absolute Gasteiger partial charge is 0.272 e. The zero-order valence-corrected chi connectivity index (χ0v) is 20.5. The summed E-state index contributed by atoms with van der Waals surface area (Å²) in [6.45, 7) is 4.34. The first-order valence-electron chi connectivity index (χ1n) is 10.9. The summed E-state index contributed by atoms with van der Waals surface area (Å²) in [7, 11) is -2.49. The second kappa shape index (κ2) is 9.43. The van der Waals surface area contributed by atoms with E-state index in [2.05, 4.69) is 20.2 Å². The number of benzodiazepines with no additional fused rings is 1. The van der Waals surface area contributed by atoms with Crippen molar-refractivity contribution in [3.05, 3.63) is 77.2 Å². The molecule has 0 radical (unpaired) electrons. The highest BCUT2D eigenvalue weighted by molar-refractivity contribution is 7.89. The maximum Gasteiger partial charge on any atom is 0.272 e. The van der Waals surface area contributed by atoms with Crippen molar-refractivity contribution in [3.63, 3.8) is 0 Å². The van der Waals surface area contributed by atoms with E-state index >= 15 is 0 Å². The Labute approximate surface area is 203 Å². The fraction of sp³-hybridized carbons (Fsp3) is 0.250. The van der Waals surface area contributed by atoms with Gasteiger partial charge in [-0.05, 0) is 26.8 Å². The van der Waals surface area contributed by atoms with Crippen molar-refractivity contribution in [2.75, 3.05) is 11.9 Å². The SMILES string of the molecule is Cc1noc(C)c1S(=O)(=O)NC(C)C(=O)NC1N=C(c2ccccc2)c2ccccc2N(C)C1=O. The summed E-state index contributed by atoms with van der Waals surface area (Å²) in [6.07, 6.45) is -1.26. The third-order valence-corrected chi connectivity index (χ3v) is 7.42. The molecule has 0 saturated heterocycles. The summed E-state index contributed by atoms with van der Waals surface area (Å²) in [6, 6.07) is 15.4. The van der Waals surface area contributed by atoms with Crippen molar-refractivity contribution in [2.45, 2.75) is 37.9 Å². The summed E-state index contributed by atoms with van der Waals surface area (Å²) in [5.41, 5.74) is 2.86. The molecule has 1 aromatic heterocycles. The number of hydrogen-bond donors (Lipinski definition) is 2. The largest absolute Gasteiger partial charge is 0.360 e. The minimum Gasteiger partial charge on any atom is -0.360 e. The molecule has 2 heterocycles. The Balaban J connectivity index is 1.64. The van der Waals surface area contributed by atoms with E-state index in [0.717, 1.165) is 11.1 Å². The molecule has 2 N–H and O–H groups in total. The molecule has 0 fully saturated rings. The average Bonchev–Trinajstić information content (AvgIpc) is 3.14. The van der Waals surface area contributed by atoms with Crippen LogP contribution in [0.4, 0.5) is 5.69 Å². The van der Waals surface area contributed by atoms with Gasteiger partial charge in [-0.3, -0.25) is 9.59 Å². The second-order valence-corrected chi connectivity index (χ2v) is 9.82. The molecule has 1 aliphatic rings. The van der Waals surface area contributed by atoms with Crippen LogP contribution in [0, 0.1) is 13.8 Å². The Morgan fingerprint density at radius 2 is 1.74 bits per heavy atom. The average molecular weight is 496 g/mol. The number of rotatable bonds is 6. The van der Waals surface area contributed by atoms with Crippen LogP contribution in [0.2, 0.25) is 0 Å². The highest BCUT2D eigenvalue weighted by atomic mass is 32.2. The third-order valence-electron chi connectivity index (χ3n) is 5.63. The Hall–Kier alpha value is -3.83. The predicted octanol–water partition coefficient (Wildman–Crippen LogP) is 1.91. The van der Waals surface area contributed by atoms with Gasteiger partial charge < -0.3 is 14.7 Å². The van der Waals surface area contributed by atoms with Crippen molar-refractivity contribution < 1.29 is 22.5 Å². The van der Waals surface area contributed by atoms with Gasteiger partial charge in [-0.1, -0.05) is 53.7 Å². The summed E-state index contributed by atoms with van der Waals surface area (Å²) in [4.78, 5) is 32.2.